The Hall–Kier alpha value is -1.86. The minimum Gasteiger partial charge on any atom is -0.492 e. The van der Waals surface area contributed by atoms with E-state index in [4.69, 9.17) is 4.74 Å². The standard InChI is InChI=1S/C18H20BrNO4S/c1-14-4-2-7-17(10-14)24-9-8-20-18(21)13-25(22,23)12-15-5-3-6-16(19)11-15/h2-7,10-11H,8-9,12-13H2,1H3,(H,20,21). The van der Waals surface area contributed by atoms with E-state index in [1.54, 1.807) is 18.2 Å². The molecule has 0 aliphatic heterocycles. The van der Waals surface area contributed by atoms with Crippen molar-refractivity contribution in [3.8, 4) is 5.75 Å². The molecule has 0 spiro atoms. The molecule has 0 radical (unpaired) electrons. The van der Waals surface area contributed by atoms with E-state index in [2.05, 4.69) is 21.2 Å². The average molecular weight is 426 g/mol. The van der Waals surface area contributed by atoms with Crippen molar-refractivity contribution in [2.75, 3.05) is 18.9 Å². The van der Waals surface area contributed by atoms with E-state index in [9.17, 15) is 13.2 Å². The molecule has 0 heterocycles. The first kappa shape index (κ1) is 19.5. The van der Waals surface area contributed by atoms with E-state index in [1.807, 2.05) is 37.3 Å². The SMILES string of the molecule is Cc1cccc(OCCNC(=O)CS(=O)(=O)Cc2cccc(Br)c2)c1. The Morgan fingerprint density at radius 1 is 1.16 bits per heavy atom. The number of nitrogens with one attached hydrogen (secondary N) is 1. The fourth-order valence-corrected chi connectivity index (χ4v) is 3.98. The van der Waals surface area contributed by atoms with Crippen LogP contribution in [0.25, 0.3) is 0 Å². The van der Waals surface area contributed by atoms with Crippen LogP contribution in [0.1, 0.15) is 11.1 Å². The maximum Gasteiger partial charge on any atom is 0.235 e. The number of aryl methyl sites for hydroxylation is 1. The summed E-state index contributed by atoms with van der Waals surface area (Å²) in [4.78, 5) is 11.8. The van der Waals surface area contributed by atoms with Gasteiger partial charge in [-0.3, -0.25) is 4.79 Å². The van der Waals surface area contributed by atoms with Crippen LogP contribution in [-0.4, -0.2) is 33.2 Å². The summed E-state index contributed by atoms with van der Waals surface area (Å²) >= 11 is 3.30. The van der Waals surface area contributed by atoms with E-state index < -0.39 is 21.5 Å². The smallest absolute Gasteiger partial charge is 0.235 e. The summed E-state index contributed by atoms with van der Waals surface area (Å²) in [7, 11) is -3.52. The lowest BCUT2D eigenvalue weighted by molar-refractivity contribution is -0.118. The van der Waals surface area contributed by atoms with E-state index in [0.29, 0.717) is 5.56 Å². The van der Waals surface area contributed by atoms with Crippen molar-refractivity contribution in [2.45, 2.75) is 12.7 Å². The Balaban J connectivity index is 1.75. The van der Waals surface area contributed by atoms with Crippen LogP contribution in [0, 0.1) is 6.92 Å². The molecule has 134 valence electrons. The highest BCUT2D eigenvalue weighted by molar-refractivity contribution is 9.10. The molecule has 5 nitrogen and oxygen atoms in total. The molecule has 0 unspecified atom stereocenters. The van der Waals surface area contributed by atoms with Crippen molar-refractivity contribution in [1.29, 1.82) is 0 Å². The Bertz CT molecular complexity index is 836. The third-order valence-corrected chi connectivity index (χ3v) is 5.28. The maximum absolute atomic E-state index is 12.1. The van der Waals surface area contributed by atoms with E-state index in [0.717, 1.165) is 15.8 Å². The number of carbonyl (C=O) groups is 1. The number of amides is 1. The molecule has 25 heavy (non-hydrogen) atoms. The van der Waals surface area contributed by atoms with Crippen molar-refractivity contribution in [3.63, 3.8) is 0 Å². The minimum atomic E-state index is -3.52. The van der Waals surface area contributed by atoms with Gasteiger partial charge in [0.15, 0.2) is 9.84 Å². The Morgan fingerprint density at radius 2 is 1.92 bits per heavy atom. The first-order valence-corrected chi connectivity index (χ1v) is 10.4. The van der Waals surface area contributed by atoms with Crippen LogP contribution in [0.2, 0.25) is 0 Å². The number of rotatable bonds is 8. The quantitative estimate of drug-likeness (QED) is 0.659. The van der Waals surface area contributed by atoms with Gasteiger partial charge >= 0.3 is 0 Å². The summed E-state index contributed by atoms with van der Waals surface area (Å²) in [6.45, 7) is 2.49. The minimum absolute atomic E-state index is 0.167. The van der Waals surface area contributed by atoms with Crippen LogP contribution in [0.5, 0.6) is 5.75 Å². The molecule has 1 amide bonds. The zero-order valence-electron chi connectivity index (χ0n) is 13.9. The van der Waals surface area contributed by atoms with Crippen LogP contribution >= 0.6 is 15.9 Å². The van der Waals surface area contributed by atoms with E-state index in [-0.39, 0.29) is 18.9 Å². The van der Waals surface area contributed by atoms with Gasteiger partial charge < -0.3 is 10.1 Å². The summed E-state index contributed by atoms with van der Waals surface area (Å²) in [6.07, 6.45) is 0. The second-order valence-corrected chi connectivity index (χ2v) is 8.66. The number of ether oxygens (including phenoxy) is 1. The fraction of sp³-hybridized carbons (Fsp3) is 0.278. The monoisotopic (exact) mass is 425 g/mol. The predicted octanol–water partition coefficient (Wildman–Crippen LogP) is 2.87. The first-order valence-electron chi connectivity index (χ1n) is 7.75. The molecule has 0 aromatic heterocycles. The summed E-state index contributed by atoms with van der Waals surface area (Å²) in [5.74, 6) is -0.511. The maximum atomic E-state index is 12.1. The molecule has 2 rings (SSSR count). The van der Waals surface area contributed by atoms with Crippen molar-refractivity contribution < 1.29 is 17.9 Å². The third-order valence-electron chi connectivity index (χ3n) is 3.31. The Labute approximate surface area is 156 Å². The van der Waals surface area contributed by atoms with Gasteiger partial charge in [-0.15, -0.1) is 0 Å². The molecular weight excluding hydrogens is 406 g/mol. The second kappa shape index (κ2) is 9.01. The van der Waals surface area contributed by atoms with Crippen LogP contribution in [-0.2, 0) is 20.4 Å². The normalized spacial score (nSPS) is 11.1. The topological polar surface area (TPSA) is 72.5 Å². The summed E-state index contributed by atoms with van der Waals surface area (Å²) in [5.41, 5.74) is 1.73. The Kier molecular flexibility index (Phi) is 7.01. The number of halogens is 1. The van der Waals surface area contributed by atoms with Gasteiger partial charge in [-0.05, 0) is 42.3 Å². The molecule has 0 fully saturated rings. The van der Waals surface area contributed by atoms with Gasteiger partial charge in [0.1, 0.15) is 18.1 Å². The lowest BCUT2D eigenvalue weighted by atomic mass is 10.2. The van der Waals surface area contributed by atoms with Gasteiger partial charge in [0.25, 0.3) is 0 Å². The predicted molar refractivity (Wildman–Crippen MR) is 101 cm³/mol. The zero-order valence-corrected chi connectivity index (χ0v) is 16.3. The first-order chi connectivity index (χ1) is 11.8. The molecule has 2 aromatic rings. The third kappa shape index (κ3) is 7.27. The van der Waals surface area contributed by atoms with Crippen molar-refractivity contribution in [1.82, 2.24) is 5.32 Å². The van der Waals surface area contributed by atoms with Crippen LogP contribution < -0.4 is 10.1 Å². The van der Waals surface area contributed by atoms with Gasteiger partial charge in [0.05, 0.1) is 12.3 Å². The lowest BCUT2D eigenvalue weighted by Crippen LogP contribution is -2.33. The number of carbonyl (C=O) groups excluding carboxylic acids is 1. The molecule has 0 saturated carbocycles. The van der Waals surface area contributed by atoms with Crippen molar-refractivity contribution >= 4 is 31.7 Å². The fourth-order valence-electron chi connectivity index (χ4n) is 2.25. The van der Waals surface area contributed by atoms with Crippen LogP contribution in [0.4, 0.5) is 0 Å². The molecule has 0 atom stereocenters. The molecule has 0 aliphatic carbocycles. The van der Waals surface area contributed by atoms with Gasteiger partial charge in [-0.1, -0.05) is 40.2 Å². The zero-order chi connectivity index (χ0) is 18.3. The summed E-state index contributed by atoms with van der Waals surface area (Å²) < 4.78 is 30.5. The molecule has 1 N–H and O–H groups in total. The lowest BCUT2D eigenvalue weighted by Gasteiger charge is -2.09. The number of benzene rings is 2. The number of sulfone groups is 1. The highest BCUT2D eigenvalue weighted by atomic mass is 79.9. The van der Waals surface area contributed by atoms with E-state index >= 15 is 0 Å². The van der Waals surface area contributed by atoms with Crippen LogP contribution in [0.3, 0.4) is 0 Å². The highest BCUT2D eigenvalue weighted by Crippen LogP contribution is 2.14. The Morgan fingerprint density at radius 3 is 2.64 bits per heavy atom. The van der Waals surface area contributed by atoms with Crippen molar-refractivity contribution in [3.05, 3.63) is 64.1 Å². The van der Waals surface area contributed by atoms with Gasteiger partial charge in [0, 0.05) is 4.47 Å². The summed E-state index contributed by atoms with van der Waals surface area (Å²) in [6, 6.07) is 14.6. The summed E-state index contributed by atoms with van der Waals surface area (Å²) in [5, 5.41) is 2.57. The molecule has 2 aromatic carbocycles. The molecule has 0 aliphatic rings. The molecule has 0 saturated heterocycles. The van der Waals surface area contributed by atoms with Crippen LogP contribution in [0.15, 0.2) is 53.0 Å². The molecule has 7 heteroatoms. The average Bonchev–Trinajstić information content (AvgIpc) is 2.50. The molecular formula is C18H20BrNO4S. The second-order valence-electron chi connectivity index (χ2n) is 5.68. The molecule has 0 bridgehead atoms. The largest absolute Gasteiger partial charge is 0.492 e. The van der Waals surface area contributed by atoms with Gasteiger partial charge in [-0.2, -0.15) is 0 Å². The highest BCUT2D eigenvalue weighted by Gasteiger charge is 2.17. The number of hydrogen-bond donors (Lipinski definition) is 1. The van der Waals surface area contributed by atoms with E-state index in [1.165, 1.54) is 0 Å². The number of hydrogen-bond acceptors (Lipinski definition) is 4. The van der Waals surface area contributed by atoms with Gasteiger partial charge in [0.2, 0.25) is 5.91 Å². The van der Waals surface area contributed by atoms with Gasteiger partial charge in [-0.25, -0.2) is 8.42 Å². The van der Waals surface area contributed by atoms with Crippen molar-refractivity contribution in [2.24, 2.45) is 0 Å².